The third-order valence-electron chi connectivity index (χ3n) is 0.844. The predicted octanol–water partition coefficient (Wildman–Crippen LogP) is -1.27. The fourth-order valence-corrected chi connectivity index (χ4v) is 0.754. The lowest BCUT2D eigenvalue weighted by Gasteiger charge is -2.01. The van der Waals surface area contributed by atoms with Gasteiger partial charge in [0.05, 0.1) is 0 Å². The Balaban J connectivity index is 2.65. The Morgan fingerprint density at radius 2 is 2.30 bits per heavy atom. The van der Waals surface area contributed by atoms with Gasteiger partial charge in [-0.1, -0.05) is 0 Å². The van der Waals surface area contributed by atoms with E-state index in [0.717, 1.165) is 13.1 Å². The van der Waals surface area contributed by atoms with E-state index < -0.39 is 0 Å². The maximum Gasteiger partial charge on any atom is 0.433 e. The normalized spacial score (nSPS) is 10.2. The second kappa shape index (κ2) is 9.06. The molecule has 0 fully saturated rings. The second-order valence-corrected chi connectivity index (χ2v) is 2.54. The first-order valence-electron chi connectivity index (χ1n) is 3.22. The zero-order valence-corrected chi connectivity index (χ0v) is 7.22. The van der Waals surface area contributed by atoms with Gasteiger partial charge in [-0.05, 0) is 0 Å². The van der Waals surface area contributed by atoms with Crippen molar-refractivity contribution in [3.05, 3.63) is 0 Å². The minimum Gasteiger partial charge on any atom is -0.396 e. The molecule has 60 valence electrons. The van der Waals surface area contributed by atoms with Crippen LogP contribution >= 0.6 is 0 Å². The summed E-state index contributed by atoms with van der Waals surface area (Å²) in [6.45, 7) is 3.05. The Bertz CT molecular complexity index is 57.6. The molecule has 0 amide bonds. The Labute approximate surface area is 64.1 Å². The van der Waals surface area contributed by atoms with Gasteiger partial charge in [0, 0.05) is 33.4 Å². The van der Waals surface area contributed by atoms with Crippen molar-refractivity contribution >= 4 is 10.0 Å². The first kappa shape index (κ1) is 10.1. The average molecular weight is 162 g/mol. The van der Waals surface area contributed by atoms with Gasteiger partial charge in [0.25, 0.3) is 0 Å². The Morgan fingerprint density at radius 3 is 2.90 bits per heavy atom. The highest BCUT2D eigenvalue weighted by Gasteiger charge is 1.88. The van der Waals surface area contributed by atoms with Crippen molar-refractivity contribution in [2.24, 2.45) is 5.73 Å². The highest BCUT2D eigenvalue weighted by molar-refractivity contribution is 6.17. The third kappa shape index (κ3) is 8.06. The van der Waals surface area contributed by atoms with Crippen molar-refractivity contribution in [2.75, 3.05) is 33.4 Å². The maximum absolute atomic E-state index is 5.24. The van der Waals surface area contributed by atoms with Crippen LogP contribution in [-0.4, -0.2) is 43.4 Å². The standard InChI is InChI=1S/C5H14N2O2Si/c1-8-10-9-5-4-7-3-2-6/h7H,2-6H2,1H3. The molecule has 0 rings (SSSR count). The quantitative estimate of drug-likeness (QED) is 0.362. The molecule has 0 saturated heterocycles. The zero-order valence-electron chi connectivity index (χ0n) is 6.22. The molecule has 0 aliphatic heterocycles. The van der Waals surface area contributed by atoms with Crippen LogP contribution in [0.15, 0.2) is 0 Å². The van der Waals surface area contributed by atoms with Crippen LogP contribution in [0.5, 0.6) is 0 Å². The number of nitrogens with two attached hydrogens (primary N) is 1. The Morgan fingerprint density at radius 1 is 1.50 bits per heavy atom. The first-order valence-corrected chi connectivity index (χ1v) is 4.04. The number of rotatable bonds is 7. The van der Waals surface area contributed by atoms with Crippen molar-refractivity contribution in [3.8, 4) is 0 Å². The Kier molecular flexibility index (Phi) is 9.11. The summed E-state index contributed by atoms with van der Waals surface area (Å²) >= 11 is 0. The fraction of sp³-hybridized carbons (Fsp3) is 1.00. The van der Waals surface area contributed by atoms with Crippen LogP contribution in [0.2, 0.25) is 0 Å². The molecule has 0 aromatic carbocycles. The molecule has 0 aromatic heterocycles. The molecule has 0 unspecified atom stereocenters. The molecule has 0 bridgehead atoms. The SMILES string of the molecule is CO[Si]OCCNCCN. The van der Waals surface area contributed by atoms with E-state index in [9.17, 15) is 0 Å². The minimum atomic E-state index is 0.156. The van der Waals surface area contributed by atoms with Crippen molar-refractivity contribution in [2.45, 2.75) is 0 Å². The summed E-state index contributed by atoms with van der Waals surface area (Å²) in [7, 11) is 1.77. The van der Waals surface area contributed by atoms with E-state index in [2.05, 4.69) is 5.32 Å². The molecule has 0 heterocycles. The molecule has 0 spiro atoms. The monoisotopic (exact) mass is 162 g/mol. The minimum absolute atomic E-state index is 0.156. The van der Waals surface area contributed by atoms with E-state index in [-0.39, 0.29) is 10.0 Å². The first-order chi connectivity index (χ1) is 4.91. The molecular formula is C5H14N2O2Si. The lowest BCUT2D eigenvalue weighted by molar-refractivity contribution is 0.255. The molecule has 0 aliphatic rings. The van der Waals surface area contributed by atoms with Crippen LogP contribution in [0.3, 0.4) is 0 Å². The van der Waals surface area contributed by atoms with Crippen molar-refractivity contribution < 1.29 is 8.85 Å². The van der Waals surface area contributed by atoms with E-state index in [1.54, 1.807) is 7.11 Å². The highest BCUT2D eigenvalue weighted by atomic mass is 28.3. The molecule has 0 saturated carbocycles. The summed E-state index contributed by atoms with van der Waals surface area (Å²) in [5.74, 6) is 0. The van der Waals surface area contributed by atoms with Crippen LogP contribution in [0.25, 0.3) is 0 Å². The topological polar surface area (TPSA) is 56.5 Å². The summed E-state index contributed by atoms with van der Waals surface area (Å²) in [5.41, 5.74) is 5.24. The summed E-state index contributed by atoms with van der Waals surface area (Å²) < 4.78 is 9.73. The second-order valence-electron chi connectivity index (χ2n) is 1.67. The van der Waals surface area contributed by atoms with Gasteiger partial charge in [0.15, 0.2) is 0 Å². The van der Waals surface area contributed by atoms with Crippen molar-refractivity contribution in [1.82, 2.24) is 5.32 Å². The van der Waals surface area contributed by atoms with Gasteiger partial charge in [-0.25, -0.2) is 0 Å². The molecule has 3 N–H and O–H groups in total. The van der Waals surface area contributed by atoms with E-state index >= 15 is 0 Å². The van der Waals surface area contributed by atoms with Gasteiger partial charge < -0.3 is 19.9 Å². The molecule has 0 aliphatic carbocycles. The summed E-state index contributed by atoms with van der Waals surface area (Å²) in [6, 6.07) is 0. The summed E-state index contributed by atoms with van der Waals surface area (Å²) in [6.07, 6.45) is 0. The lowest BCUT2D eigenvalue weighted by Crippen LogP contribution is -2.26. The zero-order chi connectivity index (χ0) is 7.66. The number of hydrogen-bond donors (Lipinski definition) is 2. The molecule has 0 aromatic rings. The molecule has 0 atom stereocenters. The molecule has 5 heteroatoms. The lowest BCUT2D eigenvalue weighted by atomic mass is 10.6. The predicted molar refractivity (Wildman–Crippen MR) is 40.6 cm³/mol. The van der Waals surface area contributed by atoms with Crippen LogP contribution in [0, 0.1) is 0 Å². The molecule has 10 heavy (non-hydrogen) atoms. The van der Waals surface area contributed by atoms with Crippen molar-refractivity contribution in [1.29, 1.82) is 0 Å². The van der Waals surface area contributed by atoms with E-state index in [4.69, 9.17) is 14.6 Å². The van der Waals surface area contributed by atoms with E-state index in [1.807, 2.05) is 0 Å². The van der Waals surface area contributed by atoms with Crippen LogP contribution in [-0.2, 0) is 8.85 Å². The average Bonchev–Trinajstić information content (AvgIpc) is 1.97. The van der Waals surface area contributed by atoms with Gasteiger partial charge >= 0.3 is 10.0 Å². The Hall–Kier alpha value is 0.0569. The van der Waals surface area contributed by atoms with Crippen LogP contribution < -0.4 is 11.1 Å². The smallest absolute Gasteiger partial charge is 0.396 e. The highest BCUT2D eigenvalue weighted by Crippen LogP contribution is 1.68. The van der Waals surface area contributed by atoms with Gasteiger partial charge in [0.2, 0.25) is 0 Å². The number of nitrogens with one attached hydrogen (secondary N) is 1. The van der Waals surface area contributed by atoms with Gasteiger partial charge in [-0.3, -0.25) is 0 Å². The van der Waals surface area contributed by atoms with Crippen LogP contribution in [0.4, 0.5) is 0 Å². The summed E-state index contributed by atoms with van der Waals surface area (Å²) in [5, 5.41) is 3.09. The fourth-order valence-electron chi connectivity index (χ4n) is 0.451. The molecule has 2 radical (unpaired) electrons. The van der Waals surface area contributed by atoms with E-state index in [1.165, 1.54) is 0 Å². The van der Waals surface area contributed by atoms with Gasteiger partial charge in [0.1, 0.15) is 0 Å². The van der Waals surface area contributed by atoms with Crippen LogP contribution in [0.1, 0.15) is 0 Å². The third-order valence-corrected chi connectivity index (χ3v) is 1.33. The number of hydrogen-bond acceptors (Lipinski definition) is 4. The maximum atomic E-state index is 5.24. The molecular weight excluding hydrogens is 148 g/mol. The van der Waals surface area contributed by atoms with Gasteiger partial charge in [-0.2, -0.15) is 0 Å². The largest absolute Gasteiger partial charge is 0.433 e. The summed E-state index contributed by atoms with van der Waals surface area (Å²) in [4.78, 5) is 0. The molecule has 4 nitrogen and oxygen atoms in total. The van der Waals surface area contributed by atoms with E-state index in [0.29, 0.717) is 13.2 Å². The van der Waals surface area contributed by atoms with Gasteiger partial charge in [-0.15, -0.1) is 0 Å². The van der Waals surface area contributed by atoms with Crippen molar-refractivity contribution in [3.63, 3.8) is 0 Å².